The maximum absolute atomic E-state index is 13.0. The van der Waals surface area contributed by atoms with Gasteiger partial charge >= 0.3 is 6.18 Å². The van der Waals surface area contributed by atoms with Crippen LogP contribution in [0.25, 0.3) is 17.1 Å². The molecule has 11 heteroatoms. The second-order valence-electron chi connectivity index (χ2n) is 5.56. The number of carbonyl (C=O) groups excluding carboxylic acids is 1. The molecule has 4 heterocycles. The molecule has 0 aromatic carbocycles. The van der Waals surface area contributed by atoms with Crippen LogP contribution in [0.5, 0.6) is 0 Å². The van der Waals surface area contributed by atoms with Gasteiger partial charge in [-0.05, 0) is 24.3 Å². The smallest absolute Gasteiger partial charge is 0.420 e. The van der Waals surface area contributed by atoms with E-state index in [-0.39, 0.29) is 23.7 Å². The molecule has 0 fully saturated rings. The van der Waals surface area contributed by atoms with Gasteiger partial charge in [-0.15, -0.1) is 10.2 Å². The number of halogens is 3. The van der Waals surface area contributed by atoms with Crippen molar-refractivity contribution in [3.05, 3.63) is 59.9 Å². The summed E-state index contributed by atoms with van der Waals surface area (Å²) in [4.78, 5) is 12.2. The summed E-state index contributed by atoms with van der Waals surface area (Å²) in [5.74, 6) is 0.156. The number of fused-ring (bicyclic) bond motifs is 1. The van der Waals surface area contributed by atoms with Crippen LogP contribution in [-0.4, -0.2) is 30.7 Å². The second kappa shape index (κ2) is 6.27. The molecule has 8 nitrogen and oxygen atoms in total. The number of carbonyl (C=O) groups is 1. The first kappa shape index (κ1) is 16.8. The lowest BCUT2D eigenvalue weighted by Gasteiger charge is -2.07. The Labute approximate surface area is 149 Å². The summed E-state index contributed by atoms with van der Waals surface area (Å²) in [7, 11) is 0. The molecule has 27 heavy (non-hydrogen) atoms. The molecule has 138 valence electrons. The van der Waals surface area contributed by atoms with Crippen molar-refractivity contribution in [3.63, 3.8) is 0 Å². The number of hydrogen-bond acceptors (Lipinski definition) is 5. The molecule has 0 atom stereocenters. The first-order chi connectivity index (χ1) is 12.9. The van der Waals surface area contributed by atoms with Gasteiger partial charge in [0.1, 0.15) is 11.3 Å². The molecule has 4 rings (SSSR count). The number of nitrogens with one attached hydrogen (secondary N) is 2. The van der Waals surface area contributed by atoms with Crippen molar-refractivity contribution in [2.24, 2.45) is 0 Å². The number of pyridine rings is 1. The first-order valence-electron chi connectivity index (χ1n) is 7.71. The van der Waals surface area contributed by atoms with Gasteiger partial charge in [0.15, 0.2) is 22.9 Å². The Morgan fingerprint density at radius 2 is 2.11 bits per heavy atom. The lowest BCUT2D eigenvalue weighted by atomic mass is 10.2. The quantitative estimate of drug-likeness (QED) is 0.570. The Kier molecular flexibility index (Phi) is 3.90. The van der Waals surface area contributed by atoms with Gasteiger partial charge in [-0.25, -0.2) is 0 Å². The van der Waals surface area contributed by atoms with Gasteiger partial charge in [-0.3, -0.25) is 14.3 Å². The molecule has 0 aliphatic carbocycles. The van der Waals surface area contributed by atoms with E-state index in [1.54, 1.807) is 12.1 Å². The number of nitrogens with zero attached hydrogens (tertiary/aromatic N) is 4. The monoisotopic (exact) mass is 376 g/mol. The van der Waals surface area contributed by atoms with Gasteiger partial charge in [0.25, 0.3) is 5.91 Å². The predicted molar refractivity (Wildman–Crippen MR) is 85.4 cm³/mol. The highest BCUT2D eigenvalue weighted by Crippen LogP contribution is 2.31. The first-order valence-corrected chi connectivity index (χ1v) is 7.71. The van der Waals surface area contributed by atoms with Gasteiger partial charge in [-0.2, -0.15) is 18.3 Å². The molecule has 0 bridgehead atoms. The number of aromatic amines is 1. The number of aromatic nitrogens is 5. The van der Waals surface area contributed by atoms with Crippen molar-refractivity contribution < 1.29 is 22.4 Å². The number of furan rings is 1. The summed E-state index contributed by atoms with van der Waals surface area (Å²) < 4.78 is 45.4. The van der Waals surface area contributed by atoms with Crippen molar-refractivity contribution in [2.45, 2.75) is 12.7 Å². The van der Waals surface area contributed by atoms with E-state index in [4.69, 9.17) is 4.42 Å². The maximum Gasteiger partial charge on any atom is 0.420 e. The van der Waals surface area contributed by atoms with E-state index in [0.29, 0.717) is 11.5 Å². The number of rotatable bonds is 4. The summed E-state index contributed by atoms with van der Waals surface area (Å²) in [5.41, 5.74) is -0.598. The van der Waals surface area contributed by atoms with Crippen LogP contribution in [0.2, 0.25) is 0 Å². The molecule has 4 aromatic heterocycles. The molecule has 0 unspecified atom stereocenters. The highest BCUT2D eigenvalue weighted by molar-refractivity contribution is 5.93. The molecule has 2 N–H and O–H groups in total. The Bertz CT molecular complexity index is 1100. The van der Waals surface area contributed by atoms with Crippen LogP contribution in [0, 0.1) is 0 Å². The summed E-state index contributed by atoms with van der Waals surface area (Å²) >= 11 is 0. The number of alkyl halides is 3. The minimum atomic E-state index is -4.55. The van der Waals surface area contributed by atoms with E-state index in [1.165, 1.54) is 29.0 Å². The third-order valence-electron chi connectivity index (χ3n) is 3.81. The Morgan fingerprint density at radius 3 is 2.85 bits per heavy atom. The van der Waals surface area contributed by atoms with Gasteiger partial charge in [0.05, 0.1) is 12.8 Å². The van der Waals surface area contributed by atoms with E-state index >= 15 is 0 Å². The summed E-state index contributed by atoms with van der Waals surface area (Å²) in [6.45, 7) is -0.121. The molecule has 0 saturated carbocycles. The van der Waals surface area contributed by atoms with E-state index < -0.39 is 17.6 Å². The van der Waals surface area contributed by atoms with Crippen LogP contribution in [-0.2, 0) is 12.7 Å². The predicted octanol–water partition coefficient (Wildman–Crippen LogP) is 2.66. The number of hydrogen-bond donors (Lipinski definition) is 2. The molecule has 1 amide bonds. The Balaban J connectivity index is 1.51. The van der Waals surface area contributed by atoms with Crippen LogP contribution >= 0.6 is 0 Å². The molecule has 0 radical (unpaired) electrons. The molecular weight excluding hydrogens is 365 g/mol. The summed E-state index contributed by atoms with van der Waals surface area (Å²) in [6.07, 6.45) is -1.66. The molecular formula is C16H11F3N6O2. The zero-order chi connectivity index (χ0) is 19.0. The van der Waals surface area contributed by atoms with Gasteiger partial charge in [0, 0.05) is 12.3 Å². The standard InChI is InChI=1S/C16H11F3N6O2/c17-16(18,19)9-3-1-5-25-13(23-24-14(9)25)8-20-15(26)11-7-10(21-22-11)12-4-2-6-27-12/h1-7H,8H2,(H,20,26)(H,21,22). The fraction of sp³-hybridized carbons (Fsp3) is 0.125. The largest absolute Gasteiger partial charge is 0.463 e. The zero-order valence-electron chi connectivity index (χ0n) is 13.5. The fourth-order valence-electron chi connectivity index (χ4n) is 2.55. The SMILES string of the molecule is O=C(NCc1nnc2c(C(F)(F)F)cccn12)c1cc(-c2ccco2)[nH]n1. The Hall–Kier alpha value is -3.63. The third kappa shape index (κ3) is 3.14. The van der Waals surface area contributed by atoms with E-state index in [2.05, 4.69) is 25.7 Å². The van der Waals surface area contributed by atoms with E-state index in [0.717, 1.165) is 6.07 Å². The Morgan fingerprint density at radius 1 is 1.26 bits per heavy atom. The van der Waals surface area contributed by atoms with E-state index in [9.17, 15) is 18.0 Å². The molecule has 0 aliphatic heterocycles. The zero-order valence-corrected chi connectivity index (χ0v) is 13.5. The normalized spacial score (nSPS) is 11.8. The lowest BCUT2D eigenvalue weighted by molar-refractivity contribution is -0.136. The van der Waals surface area contributed by atoms with E-state index in [1.807, 2.05) is 0 Å². The topological polar surface area (TPSA) is 101 Å². The van der Waals surface area contributed by atoms with Crippen LogP contribution in [0.4, 0.5) is 13.2 Å². The second-order valence-corrected chi connectivity index (χ2v) is 5.56. The third-order valence-corrected chi connectivity index (χ3v) is 3.81. The molecule has 0 spiro atoms. The lowest BCUT2D eigenvalue weighted by Crippen LogP contribution is -2.24. The highest BCUT2D eigenvalue weighted by Gasteiger charge is 2.34. The van der Waals surface area contributed by atoms with Crippen molar-refractivity contribution in [1.29, 1.82) is 0 Å². The molecule has 0 saturated heterocycles. The van der Waals surface area contributed by atoms with Gasteiger partial charge < -0.3 is 9.73 Å². The minimum absolute atomic E-state index is 0.103. The van der Waals surface area contributed by atoms with Crippen LogP contribution < -0.4 is 5.32 Å². The van der Waals surface area contributed by atoms with Gasteiger partial charge in [0.2, 0.25) is 0 Å². The average molecular weight is 376 g/mol. The number of amides is 1. The van der Waals surface area contributed by atoms with Crippen molar-refractivity contribution in [2.75, 3.05) is 0 Å². The van der Waals surface area contributed by atoms with Crippen molar-refractivity contribution in [1.82, 2.24) is 30.1 Å². The fourth-order valence-corrected chi connectivity index (χ4v) is 2.55. The molecule has 4 aromatic rings. The van der Waals surface area contributed by atoms with Crippen LogP contribution in [0.15, 0.2) is 47.2 Å². The summed E-state index contributed by atoms with van der Waals surface area (Å²) in [6, 6.07) is 7.06. The van der Waals surface area contributed by atoms with Crippen molar-refractivity contribution >= 4 is 11.6 Å². The number of H-pyrrole nitrogens is 1. The highest BCUT2D eigenvalue weighted by atomic mass is 19.4. The maximum atomic E-state index is 13.0. The average Bonchev–Trinajstić information content (AvgIpc) is 3.37. The molecule has 0 aliphatic rings. The minimum Gasteiger partial charge on any atom is -0.463 e. The van der Waals surface area contributed by atoms with Gasteiger partial charge in [-0.1, -0.05) is 0 Å². The van der Waals surface area contributed by atoms with Crippen LogP contribution in [0.3, 0.4) is 0 Å². The van der Waals surface area contributed by atoms with Crippen molar-refractivity contribution in [3.8, 4) is 11.5 Å². The van der Waals surface area contributed by atoms with Crippen LogP contribution in [0.1, 0.15) is 21.9 Å². The summed E-state index contributed by atoms with van der Waals surface area (Å²) in [5, 5.41) is 16.4.